The zero-order chi connectivity index (χ0) is 26.5. The van der Waals surface area contributed by atoms with Crippen LogP contribution >= 0.6 is 0 Å². The normalized spacial score (nSPS) is 18.3. The van der Waals surface area contributed by atoms with Gasteiger partial charge in [-0.2, -0.15) is 5.10 Å². The van der Waals surface area contributed by atoms with Gasteiger partial charge in [-0.15, -0.1) is 0 Å². The molecule has 1 aliphatic heterocycles. The molecule has 2 aromatic carbocycles. The summed E-state index contributed by atoms with van der Waals surface area (Å²) in [5, 5.41) is 23.1. The van der Waals surface area contributed by atoms with Gasteiger partial charge in [-0.25, -0.2) is 0 Å². The van der Waals surface area contributed by atoms with Crippen molar-refractivity contribution in [1.82, 2.24) is 9.78 Å². The van der Waals surface area contributed by atoms with Crippen LogP contribution in [0.2, 0.25) is 0 Å². The molecule has 0 saturated heterocycles. The number of fused-ring (bicyclic) bond motifs is 1. The minimum atomic E-state index is -0.397. The number of nitrogens with one attached hydrogen (secondary N) is 2. The summed E-state index contributed by atoms with van der Waals surface area (Å²) in [5.41, 5.74) is 6.00. The van der Waals surface area contributed by atoms with Crippen LogP contribution in [-0.2, 0) is 11.3 Å². The molecule has 0 amide bonds. The minimum absolute atomic E-state index is 0.0217. The number of methoxy groups -OCH3 is 1. The van der Waals surface area contributed by atoms with Gasteiger partial charge in [0.25, 0.3) is 0 Å². The summed E-state index contributed by atoms with van der Waals surface area (Å²) >= 11 is 0. The summed E-state index contributed by atoms with van der Waals surface area (Å²) in [4.78, 5) is 24.7. The molecule has 0 fully saturated rings. The van der Waals surface area contributed by atoms with Gasteiger partial charge in [-0.3, -0.25) is 19.6 Å². The Hall–Kier alpha value is -4.14. The number of anilines is 2. The molecule has 9 nitrogen and oxygen atoms in total. The first-order valence-electron chi connectivity index (χ1n) is 12.3. The molecule has 0 saturated carbocycles. The Morgan fingerprint density at radius 1 is 1.16 bits per heavy atom. The molecule has 0 bridgehead atoms. The topological polar surface area (TPSA) is 111 Å². The van der Waals surface area contributed by atoms with Crippen LogP contribution in [0.25, 0.3) is 0 Å². The van der Waals surface area contributed by atoms with E-state index in [0.717, 1.165) is 40.2 Å². The van der Waals surface area contributed by atoms with Crippen molar-refractivity contribution in [1.29, 1.82) is 0 Å². The third-order valence-corrected chi connectivity index (χ3v) is 7.20. The van der Waals surface area contributed by atoms with Gasteiger partial charge >= 0.3 is 5.69 Å². The third-order valence-electron chi connectivity index (χ3n) is 7.20. The fourth-order valence-corrected chi connectivity index (χ4v) is 5.51. The van der Waals surface area contributed by atoms with Crippen LogP contribution in [0, 0.1) is 29.4 Å². The first-order chi connectivity index (χ1) is 17.6. The molecule has 192 valence electrons. The number of allylic oxidation sites excluding steroid dienone is 1. The Morgan fingerprint density at radius 3 is 2.57 bits per heavy atom. The molecule has 37 heavy (non-hydrogen) atoms. The lowest BCUT2D eigenvalue weighted by molar-refractivity contribution is -0.386. The second kappa shape index (κ2) is 9.06. The zero-order valence-corrected chi connectivity index (χ0v) is 21.7. The molecular weight excluding hydrogens is 470 g/mol. The molecular formula is C28H31N5O4. The van der Waals surface area contributed by atoms with Crippen LogP contribution in [0.1, 0.15) is 55.2 Å². The highest BCUT2D eigenvalue weighted by atomic mass is 16.6. The van der Waals surface area contributed by atoms with Crippen LogP contribution in [0.4, 0.5) is 17.1 Å². The molecule has 2 aliphatic rings. The van der Waals surface area contributed by atoms with Crippen LogP contribution < -0.4 is 15.4 Å². The number of nitro groups is 1. The number of benzene rings is 2. The van der Waals surface area contributed by atoms with Crippen LogP contribution in [-0.4, -0.2) is 27.6 Å². The number of ether oxygens (including phenoxy) is 1. The number of hydrogen-bond acceptors (Lipinski definition) is 7. The van der Waals surface area contributed by atoms with Crippen LogP contribution in [0.3, 0.4) is 0 Å². The Bertz CT molecular complexity index is 1450. The van der Waals surface area contributed by atoms with E-state index in [4.69, 9.17) is 4.74 Å². The van der Waals surface area contributed by atoms with Gasteiger partial charge in [-0.05, 0) is 55.5 Å². The highest BCUT2D eigenvalue weighted by Crippen LogP contribution is 2.45. The lowest BCUT2D eigenvalue weighted by atomic mass is 9.73. The largest absolute Gasteiger partial charge is 0.496 e. The van der Waals surface area contributed by atoms with Crippen molar-refractivity contribution in [2.45, 2.75) is 53.1 Å². The fourth-order valence-electron chi connectivity index (χ4n) is 5.51. The predicted octanol–water partition coefficient (Wildman–Crippen LogP) is 5.69. The lowest BCUT2D eigenvalue weighted by Crippen LogP contribution is -2.31. The van der Waals surface area contributed by atoms with E-state index in [0.29, 0.717) is 30.1 Å². The number of carbonyl (C=O) groups excluding carboxylic acids is 1. The third kappa shape index (κ3) is 4.45. The van der Waals surface area contributed by atoms with E-state index >= 15 is 0 Å². The van der Waals surface area contributed by atoms with Gasteiger partial charge in [0.1, 0.15) is 17.1 Å². The number of ketones is 1. The summed E-state index contributed by atoms with van der Waals surface area (Å²) in [7, 11) is 1.60. The molecule has 9 heteroatoms. The molecule has 1 aromatic heterocycles. The highest BCUT2D eigenvalue weighted by Gasteiger charge is 2.38. The first kappa shape index (κ1) is 24.5. The second-order valence-electron chi connectivity index (χ2n) is 10.6. The summed E-state index contributed by atoms with van der Waals surface area (Å²) in [5.74, 6) is 0.770. The molecule has 1 aliphatic carbocycles. The average Bonchev–Trinajstić information content (AvgIpc) is 3.00. The Morgan fingerprint density at radius 2 is 1.89 bits per heavy atom. The summed E-state index contributed by atoms with van der Waals surface area (Å²) < 4.78 is 7.26. The monoisotopic (exact) mass is 501 g/mol. The van der Waals surface area contributed by atoms with E-state index in [2.05, 4.69) is 29.6 Å². The van der Waals surface area contributed by atoms with Gasteiger partial charge in [0.15, 0.2) is 5.78 Å². The SMILES string of the molecule is COc1ccc(C2Nc3ccccc3NC3=C2C(=O)CC(C)(C)C3)cc1Cn1nc(C)c([N+](=O)[O-])c1C. The Balaban J connectivity index is 1.61. The van der Waals surface area contributed by atoms with E-state index in [-0.39, 0.29) is 22.9 Å². The molecule has 0 spiro atoms. The average molecular weight is 502 g/mol. The maximum absolute atomic E-state index is 13.5. The molecule has 0 radical (unpaired) electrons. The quantitative estimate of drug-likeness (QED) is 0.341. The van der Waals surface area contributed by atoms with Crippen molar-refractivity contribution in [3.63, 3.8) is 0 Å². The van der Waals surface area contributed by atoms with Gasteiger partial charge in [0.05, 0.1) is 36.0 Å². The van der Waals surface area contributed by atoms with Gasteiger partial charge in [0.2, 0.25) is 0 Å². The summed E-state index contributed by atoms with van der Waals surface area (Å²) in [6.45, 7) is 7.87. The van der Waals surface area contributed by atoms with E-state index in [1.165, 1.54) is 0 Å². The van der Waals surface area contributed by atoms with Gasteiger partial charge in [-0.1, -0.05) is 32.0 Å². The van der Waals surface area contributed by atoms with Gasteiger partial charge in [0, 0.05) is 23.3 Å². The predicted molar refractivity (Wildman–Crippen MR) is 142 cm³/mol. The van der Waals surface area contributed by atoms with Crippen molar-refractivity contribution in [2.75, 3.05) is 17.7 Å². The molecule has 3 aromatic rings. The van der Waals surface area contributed by atoms with Crippen molar-refractivity contribution in [3.05, 3.63) is 86.4 Å². The maximum atomic E-state index is 13.5. The number of para-hydroxylation sites is 2. The number of aromatic nitrogens is 2. The van der Waals surface area contributed by atoms with Crippen LogP contribution in [0.5, 0.6) is 5.75 Å². The standard InChI is InChI=1S/C28H31N5O4/c1-16-27(33(35)36)17(2)32(31-16)15-19-12-18(10-11-24(19)37-5)26-25-22(13-28(3,4)14-23(25)34)29-20-8-6-7-9-21(20)30-26/h6-12,26,29-30H,13-15H2,1-5H3. The molecule has 2 N–H and O–H groups in total. The zero-order valence-electron chi connectivity index (χ0n) is 21.7. The number of carbonyl (C=O) groups is 1. The Labute approximate surface area is 215 Å². The molecule has 1 unspecified atom stereocenters. The lowest BCUT2D eigenvalue weighted by Gasteiger charge is -2.34. The van der Waals surface area contributed by atoms with E-state index in [1.807, 2.05) is 42.5 Å². The number of hydrogen-bond donors (Lipinski definition) is 2. The van der Waals surface area contributed by atoms with Crippen molar-refractivity contribution in [3.8, 4) is 5.75 Å². The number of rotatable bonds is 5. The number of Topliss-reactive ketones (excluding diaryl/α,β-unsaturated/α-hetero) is 1. The fraction of sp³-hybridized carbons (Fsp3) is 0.357. The second-order valence-corrected chi connectivity index (χ2v) is 10.6. The highest BCUT2D eigenvalue weighted by molar-refractivity contribution is 6.01. The maximum Gasteiger partial charge on any atom is 0.312 e. The van der Waals surface area contributed by atoms with Crippen molar-refractivity contribution in [2.24, 2.45) is 5.41 Å². The molecule has 2 heterocycles. The molecule has 1 atom stereocenters. The summed E-state index contributed by atoms with van der Waals surface area (Å²) in [6.07, 6.45) is 1.24. The molecule has 5 rings (SSSR count). The van der Waals surface area contributed by atoms with Crippen LogP contribution in [0.15, 0.2) is 53.7 Å². The smallest absolute Gasteiger partial charge is 0.312 e. The van der Waals surface area contributed by atoms with E-state index in [9.17, 15) is 14.9 Å². The Kier molecular flexibility index (Phi) is 6.01. The number of nitrogens with zero attached hydrogens (tertiary/aromatic N) is 3. The first-order valence-corrected chi connectivity index (χ1v) is 12.3. The van der Waals surface area contributed by atoms with Crippen molar-refractivity contribution < 1.29 is 14.5 Å². The van der Waals surface area contributed by atoms with E-state index < -0.39 is 4.92 Å². The number of aryl methyl sites for hydroxylation is 1. The summed E-state index contributed by atoms with van der Waals surface area (Å²) in [6, 6.07) is 13.4. The van der Waals surface area contributed by atoms with Crippen molar-refractivity contribution >= 4 is 22.8 Å². The van der Waals surface area contributed by atoms with Gasteiger partial charge < -0.3 is 15.4 Å². The minimum Gasteiger partial charge on any atom is -0.496 e. The van der Waals surface area contributed by atoms with E-state index in [1.54, 1.807) is 25.6 Å².